The molecule has 0 fully saturated rings. The minimum Gasteiger partial charge on any atom is -0.485 e. The van der Waals surface area contributed by atoms with E-state index in [2.05, 4.69) is 24.1 Å². The fraction of sp³-hybridized carbons (Fsp3) is 0.438. The Morgan fingerprint density at radius 3 is 2.95 bits per heavy atom. The summed E-state index contributed by atoms with van der Waals surface area (Å²) in [6.07, 6.45) is 4.73. The van der Waals surface area contributed by atoms with Crippen LogP contribution in [0.25, 0.3) is 0 Å². The Hall–Kier alpha value is -1.88. The molecule has 0 aliphatic heterocycles. The number of ether oxygens (including phenoxy) is 1. The zero-order chi connectivity index (χ0) is 15.1. The van der Waals surface area contributed by atoms with E-state index in [0.29, 0.717) is 18.9 Å². The van der Waals surface area contributed by atoms with Crippen LogP contribution in [0.3, 0.4) is 0 Å². The molecule has 0 amide bonds. The standard InChI is InChI=1S/C16H22FN3O/c1-3-7-18-11-13-10-14(17)5-6-15(13)21-12-16-19-8-9-20(16)4-2/h5-6,8-10,18H,3-4,7,11-12H2,1-2H3. The molecule has 0 unspecified atom stereocenters. The third-order valence-electron chi connectivity index (χ3n) is 3.26. The maximum atomic E-state index is 13.4. The molecular formula is C16H22FN3O. The van der Waals surface area contributed by atoms with Gasteiger partial charge >= 0.3 is 0 Å². The lowest BCUT2D eigenvalue weighted by atomic mass is 10.2. The van der Waals surface area contributed by atoms with E-state index >= 15 is 0 Å². The molecule has 21 heavy (non-hydrogen) atoms. The number of aromatic nitrogens is 2. The smallest absolute Gasteiger partial charge is 0.146 e. The number of imidazole rings is 1. The van der Waals surface area contributed by atoms with Crippen molar-refractivity contribution in [3.05, 3.63) is 47.8 Å². The number of nitrogens with zero attached hydrogens (tertiary/aromatic N) is 2. The molecule has 1 N–H and O–H groups in total. The van der Waals surface area contributed by atoms with Crippen LogP contribution in [0.15, 0.2) is 30.6 Å². The van der Waals surface area contributed by atoms with Gasteiger partial charge in [-0.05, 0) is 38.1 Å². The Kier molecular flexibility index (Phi) is 5.75. The lowest BCUT2D eigenvalue weighted by molar-refractivity contribution is 0.286. The van der Waals surface area contributed by atoms with Crippen LogP contribution in [0.4, 0.5) is 4.39 Å². The molecule has 1 aromatic carbocycles. The molecule has 0 atom stereocenters. The molecule has 114 valence electrons. The number of halogens is 1. The Bertz CT molecular complexity index is 568. The molecule has 0 saturated carbocycles. The Labute approximate surface area is 125 Å². The van der Waals surface area contributed by atoms with Gasteiger partial charge in [0.1, 0.15) is 24.0 Å². The van der Waals surface area contributed by atoms with Crippen LogP contribution in [-0.4, -0.2) is 16.1 Å². The van der Waals surface area contributed by atoms with Gasteiger partial charge in [-0.25, -0.2) is 9.37 Å². The zero-order valence-electron chi connectivity index (χ0n) is 12.6. The van der Waals surface area contributed by atoms with Crippen molar-refractivity contribution in [2.45, 2.75) is 40.0 Å². The summed E-state index contributed by atoms with van der Waals surface area (Å²) in [4.78, 5) is 4.27. The van der Waals surface area contributed by atoms with E-state index < -0.39 is 0 Å². The number of aryl methyl sites for hydroxylation is 1. The minimum absolute atomic E-state index is 0.245. The monoisotopic (exact) mass is 291 g/mol. The van der Waals surface area contributed by atoms with Crippen LogP contribution in [0, 0.1) is 5.82 Å². The van der Waals surface area contributed by atoms with Crippen molar-refractivity contribution < 1.29 is 9.13 Å². The van der Waals surface area contributed by atoms with Crippen molar-refractivity contribution in [1.82, 2.24) is 14.9 Å². The maximum absolute atomic E-state index is 13.4. The first-order valence-corrected chi connectivity index (χ1v) is 7.36. The number of hydrogen-bond donors (Lipinski definition) is 1. The number of benzene rings is 1. The minimum atomic E-state index is -0.245. The van der Waals surface area contributed by atoms with Crippen LogP contribution < -0.4 is 10.1 Å². The molecule has 0 saturated heterocycles. The fourth-order valence-corrected chi connectivity index (χ4v) is 2.14. The fourth-order valence-electron chi connectivity index (χ4n) is 2.14. The first kappa shape index (κ1) is 15.5. The van der Waals surface area contributed by atoms with Crippen LogP contribution in [-0.2, 0) is 19.7 Å². The number of nitrogens with one attached hydrogen (secondary N) is 1. The highest BCUT2D eigenvalue weighted by Gasteiger charge is 2.08. The van der Waals surface area contributed by atoms with Crippen LogP contribution in [0.2, 0.25) is 0 Å². The molecule has 0 aliphatic carbocycles. The number of hydrogen-bond acceptors (Lipinski definition) is 3. The lowest BCUT2D eigenvalue weighted by Gasteiger charge is -2.13. The van der Waals surface area contributed by atoms with E-state index in [0.717, 1.165) is 30.9 Å². The van der Waals surface area contributed by atoms with E-state index in [1.165, 1.54) is 12.1 Å². The second-order valence-electron chi connectivity index (χ2n) is 4.85. The summed E-state index contributed by atoms with van der Waals surface area (Å²) in [6.45, 7) is 6.89. The summed E-state index contributed by atoms with van der Waals surface area (Å²) < 4.78 is 21.2. The molecule has 2 rings (SSSR count). The average molecular weight is 291 g/mol. The van der Waals surface area contributed by atoms with Crippen LogP contribution >= 0.6 is 0 Å². The van der Waals surface area contributed by atoms with Gasteiger partial charge in [0.15, 0.2) is 0 Å². The summed E-state index contributed by atoms with van der Waals surface area (Å²) in [5, 5.41) is 3.27. The summed E-state index contributed by atoms with van der Waals surface area (Å²) in [7, 11) is 0. The predicted octanol–water partition coefficient (Wildman–Crippen LogP) is 3.12. The van der Waals surface area contributed by atoms with Crippen molar-refractivity contribution in [2.75, 3.05) is 6.54 Å². The van der Waals surface area contributed by atoms with E-state index in [4.69, 9.17) is 4.74 Å². The van der Waals surface area contributed by atoms with E-state index in [1.54, 1.807) is 12.3 Å². The van der Waals surface area contributed by atoms with Gasteiger partial charge in [-0.3, -0.25) is 0 Å². The van der Waals surface area contributed by atoms with Gasteiger partial charge in [-0.2, -0.15) is 0 Å². The quantitative estimate of drug-likeness (QED) is 0.760. The van der Waals surface area contributed by atoms with Crippen molar-refractivity contribution >= 4 is 0 Å². The summed E-state index contributed by atoms with van der Waals surface area (Å²) in [5.74, 6) is 1.32. The Morgan fingerprint density at radius 2 is 2.19 bits per heavy atom. The van der Waals surface area contributed by atoms with E-state index in [1.807, 2.05) is 10.8 Å². The number of rotatable bonds is 8. The normalized spacial score (nSPS) is 10.8. The Morgan fingerprint density at radius 1 is 1.33 bits per heavy atom. The molecule has 0 bridgehead atoms. The molecule has 1 aromatic heterocycles. The van der Waals surface area contributed by atoms with Crippen LogP contribution in [0.1, 0.15) is 31.7 Å². The zero-order valence-corrected chi connectivity index (χ0v) is 12.6. The largest absolute Gasteiger partial charge is 0.485 e. The third-order valence-corrected chi connectivity index (χ3v) is 3.26. The summed E-state index contributed by atoms with van der Waals surface area (Å²) in [5.41, 5.74) is 0.832. The molecular weight excluding hydrogens is 269 g/mol. The summed E-state index contributed by atoms with van der Waals surface area (Å²) in [6, 6.07) is 4.62. The van der Waals surface area contributed by atoms with Gasteiger partial charge in [0, 0.05) is 31.0 Å². The first-order valence-electron chi connectivity index (χ1n) is 7.36. The predicted molar refractivity (Wildman–Crippen MR) is 80.6 cm³/mol. The van der Waals surface area contributed by atoms with E-state index in [9.17, 15) is 4.39 Å². The van der Waals surface area contributed by atoms with Crippen molar-refractivity contribution in [2.24, 2.45) is 0 Å². The van der Waals surface area contributed by atoms with Gasteiger partial charge in [0.2, 0.25) is 0 Å². The topological polar surface area (TPSA) is 39.1 Å². The van der Waals surface area contributed by atoms with Crippen molar-refractivity contribution in [1.29, 1.82) is 0 Å². The van der Waals surface area contributed by atoms with Crippen molar-refractivity contribution in [3.8, 4) is 5.75 Å². The first-order chi connectivity index (χ1) is 10.2. The highest BCUT2D eigenvalue weighted by atomic mass is 19.1. The molecule has 0 spiro atoms. The second kappa shape index (κ2) is 7.78. The molecule has 1 heterocycles. The van der Waals surface area contributed by atoms with Gasteiger partial charge in [0.25, 0.3) is 0 Å². The Balaban J connectivity index is 2.04. The van der Waals surface area contributed by atoms with Gasteiger partial charge < -0.3 is 14.6 Å². The van der Waals surface area contributed by atoms with E-state index in [-0.39, 0.29) is 5.82 Å². The average Bonchev–Trinajstić information content (AvgIpc) is 2.94. The molecule has 0 aliphatic rings. The summed E-state index contributed by atoms with van der Waals surface area (Å²) >= 11 is 0. The maximum Gasteiger partial charge on any atom is 0.146 e. The lowest BCUT2D eigenvalue weighted by Crippen LogP contribution is -2.15. The molecule has 4 nitrogen and oxygen atoms in total. The van der Waals surface area contributed by atoms with Gasteiger partial charge in [-0.1, -0.05) is 6.92 Å². The highest BCUT2D eigenvalue weighted by Crippen LogP contribution is 2.20. The molecule has 5 heteroatoms. The third kappa shape index (κ3) is 4.29. The van der Waals surface area contributed by atoms with Crippen molar-refractivity contribution in [3.63, 3.8) is 0 Å². The molecule has 0 radical (unpaired) electrons. The highest BCUT2D eigenvalue weighted by molar-refractivity contribution is 5.34. The molecule has 2 aromatic rings. The second-order valence-corrected chi connectivity index (χ2v) is 4.85. The SMILES string of the molecule is CCCNCc1cc(F)ccc1OCc1nccn1CC. The van der Waals surface area contributed by atoms with Gasteiger partial charge in [-0.15, -0.1) is 0 Å². The van der Waals surface area contributed by atoms with Gasteiger partial charge in [0.05, 0.1) is 0 Å². The van der Waals surface area contributed by atoms with Crippen LogP contribution in [0.5, 0.6) is 5.75 Å².